The minimum atomic E-state index is -1.52. The third kappa shape index (κ3) is 4.71. The average Bonchev–Trinajstić information content (AvgIpc) is 3.44. The van der Waals surface area contributed by atoms with Crippen molar-refractivity contribution >= 4 is 40.9 Å². The van der Waals surface area contributed by atoms with E-state index in [2.05, 4.69) is 135 Å². The lowest BCUT2D eigenvalue weighted by Gasteiger charge is -2.32. The summed E-state index contributed by atoms with van der Waals surface area (Å²) in [6.45, 7) is 16.1. The van der Waals surface area contributed by atoms with Gasteiger partial charge in [-0.1, -0.05) is 106 Å². The number of aliphatic imine (C=N–C) groups is 1. The fraction of sp³-hybridized carbons (Fsp3) is 0.190. The van der Waals surface area contributed by atoms with Crippen molar-refractivity contribution in [3.8, 4) is 22.4 Å². The number of furan rings is 1. The van der Waals surface area contributed by atoms with Crippen LogP contribution in [0.25, 0.3) is 44.3 Å². The molecule has 3 nitrogen and oxygen atoms in total. The van der Waals surface area contributed by atoms with Gasteiger partial charge in [0.25, 0.3) is 0 Å². The second-order valence-corrected chi connectivity index (χ2v) is 19.0. The second kappa shape index (κ2) is 10.9. The van der Waals surface area contributed by atoms with Crippen molar-refractivity contribution in [3.05, 3.63) is 145 Å². The smallest absolute Gasteiger partial charge is 0.213 e. The van der Waals surface area contributed by atoms with E-state index in [0.29, 0.717) is 5.92 Å². The van der Waals surface area contributed by atoms with Crippen LogP contribution in [0.15, 0.2) is 138 Å². The Morgan fingerprint density at radius 1 is 0.870 bits per heavy atom. The first-order valence-electron chi connectivity index (χ1n) is 16.4. The minimum Gasteiger partial charge on any atom is -0.455 e. The fourth-order valence-corrected chi connectivity index (χ4v) is 8.77. The predicted octanol–water partition coefficient (Wildman–Crippen LogP) is 9.92. The normalized spacial score (nSPS) is 17.9. The van der Waals surface area contributed by atoms with E-state index in [9.17, 15) is 0 Å². The Balaban J connectivity index is 1.29. The SMILES string of the molecule is C=CC1=NC(=C)CC2C(CCc3ccc4c(oc5cc(-c6ccccc6)ccc54)c31)c1ccccc1-c1ccc([Si](C)(C)C)c[n+]12. The first-order valence-corrected chi connectivity index (χ1v) is 19.9. The lowest BCUT2D eigenvalue weighted by Crippen LogP contribution is -2.52. The number of rotatable bonds is 3. The van der Waals surface area contributed by atoms with E-state index in [1.165, 1.54) is 33.1 Å². The molecule has 0 N–H and O–H groups in total. The number of aryl methyl sites for hydroxylation is 1. The number of aromatic nitrogens is 1. The summed E-state index contributed by atoms with van der Waals surface area (Å²) in [4.78, 5) is 5.21. The van der Waals surface area contributed by atoms with Crippen molar-refractivity contribution in [2.75, 3.05) is 0 Å². The van der Waals surface area contributed by atoms with E-state index < -0.39 is 8.07 Å². The minimum absolute atomic E-state index is 0.233. The first kappa shape index (κ1) is 28.7. The molecule has 2 unspecified atom stereocenters. The van der Waals surface area contributed by atoms with Crippen molar-refractivity contribution in [1.82, 2.24) is 0 Å². The van der Waals surface area contributed by atoms with Gasteiger partial charge < -0.3 is 4.42 Å². The number of pyridine rings is 1. The van der Waals surface area contributed by atoms with Crippen molar-refractivity contribution in [2.24, 2.45) is 4.99 Å². The maximum absolute atomic E-state index is 6.74. The van der Waals surface area contributed by atoms with Crippen LogP contribution in [0.2, 0.25) is 19.6 Å². The fourth-order valence-electron chi connectivity index (χ4n) is 7.66. The van der Waals surface area contributed by atoms with Gasteiger partial charge in [0, 0.05) is 44.8 Å². The molecule has 0 fully saturated rings. The molecule has 0 bridgehead atoms. The van der Waals surface area contributed by atoms with Crippen LogP contribution in [0.4, 0.5) is 0 Å². The molecule has 0 aliphatic carbocycles. The summed E-state index contributed by atoms with van der Waals surface area (Å²) in [5.74, 6) is 0.329. The molecule has 2 aliphatic rings. The second-order valence-electron chi connectivity index (χ2n) is 13.9. The Morgan fingerprint density at radius 3 is 2.46 bits per heavy atom. The number of allylic oxidation sites excluding steroid dienone is 2. The van der Waals surface area contributed by atoms with Gasteiger partial charge in [0.05, 0.1) is 20.2 Å². The third-order valence-electron chi connectivity index (χ3n) is 10.0. The molecule has 0 spiro atoms. The van der Waals surface area contributed by atoms with E-state index >= 15 is 0 Å². The van der Waals surface area contributed by atoms with Crippen LogP contribution in [-0.2, 0) is 6.42 Å². The van der Waals surface area contributed by atoms with Crippen LogP contribution in [0.3, 0.4) is 0 Å². The molecule has 2 aromatic heterocycles. The maximum atomic E-state index is 6.74. The average molecular weight is 616 g/mol. The summed E-state index contributed by atoms with van der Waals surface area (Å²) in [7, 11) is -1.52. The Kier molecular flexibility index (Phi) is 6.80. The van der Waals surface area contributed by atoms with Gasteiger partial charge in [-0.3, -0.25) is 4.99 Å². The Labute approximate surface area is 272 Å². The molecule has 4 aromatic carbocycles. The number of hydrogen-bond acceptors (Lipinski definition) is 2. The monoisotopic (exact) mass is 615 g/mol. The van der Waals surface area contributed by atoms with Gasteiger partial charge in [-0.25, -0.2) is 0 Å². The molecule has 0 saturated heterocycles. The van der Waals surface area contributed by atoms with Gasteiger partial charge in [-0.05, 0) is 59.4 Å². The molecule has 6 aromatic rings. The van der Waals surface area contributed by atoms with Crippen molar-refractivity contribution in [1.29, 1.82) is 0 Å². The summed E-state index contributed by atoms with van der Waals surface area (Å²) in [6.07, 6.45) is 7.03. The molecular weight excluding hydrogens is 577 g/mol. The van der Waals surface area contributed by atoms with Gasteiger partial charge in [0.15, 0.2) is 12.2 Å². The molecule has 46 heavy (non-hydrogen) atoms. The topological polar surface area (TPSA) is 29.4 Å². The van der Waals surface area contributed by atoms with Gasteiger partial charge in [0.1, 0.15) is 11.2 Å². The molecule has 4 heterocycles. The Hall–Kier alpha value is -4.80. The summed E-state index contributed by atoms with van der Waals surface area (Å²) in [5, 5.41) is 3.69. The van der Waals surface area contributed by atoms with E-state index in [1.807, 2.05) is 12.1 Å². The quantitative estimate of drug-likeness (QED) is 0.144. The van der Waals surface area contributed by atoms with Crippen LogP contribution in [0.5, 0.6) is 0 Å². The molecule has 4 heteroatoms. The summed E-state index contributed by atoms with van der Waals surface area (Å²) < 4.78 is 9.30. The molecule has 8 rings (SSSR count). The van der Waals surface area contributed by atoms with Crippen molar-refractivity contribution in [3.63, 3.8) is 0 Å². The number of fused-ring (bicyclic) bond motifs is 11. The highest BCUT2D eigenvalue weighted by Gasteiger charge is 2.41. The number of nitrogens with zero attached hydrogens (tertiary/aromatic N) is 2. The van der Waals surface area contributed by atoms with Gasteiger partial charge in [-0.15, -0.1) is 0 Å². The lowest BCUT2D eigenvalue weighted by atomic mass is 9.77. The summed E-state index contributed by atoms with van der Waals surface area (Å²) in [6, 6.07) is 35.5. The number of benzene rings is 4. The van der Waals surface area contributed by atoms with Crippen LogP contribution >= 0.6 is 0 Å². The molecule has 0 amide bonds. The molecule has 2 aliphatic heterocycles. The third-order valence-corrected chi connectivity index (χ3v) is 12.1. The van der Waals surface area contributed by atoms with E-state index in [4.69, 9.17) is 9.41 Å². The van der Waals surface area contributed by atoms with Crippen LogP contribution in [-0.4, -0.2) is 13.8 Å². The van der Waals surface area contributed by atoms with Crippen molar-refractivity contribution < 1.29 is 8.98 Å². The largest absolute Gasteiger partial charge is 0.455 e. The molecule has 2 atom stereocenters. The van der Waals surface area contributed by atoms with Crippen LogP contribution < -0.4 is 9.75 Å². The maximum Gasteiger partial charge on any atom is 0.213 e. The van der Waals surface area contributed by atoms with Gasteiger partial charge >= 0.3 is 0 Å². The zero-order chi connectivity index (χ0) is 31.6. The molecule has 0 saturated carbocycles. The van der Waals surface area contributed by atoms with E-state index in [-0.39, 0.29) is 6.04 Å². The highest BCUT2D eigenvalue weighted by atomic mass is 28.3. The predicted molar refractivity (Wildman–Crippen MR) is 195 cm³/mol. The lowest BCUT2D eigenvalue weighted by molar-refractivity contribution is -0.717. The van der Waals surface area contributed by atoms with E-state index in [0.717, 1.165) is 63.7 Å². The molecular formula is C42H39N2OSi+. The first-order chi connectivity index (χ1) is 22.3. The highest BCUT2D eigenvalue weighted by Crippen LogP contribution is 2.44. The van der Waals surface area contributed by atoms with Crippen LogP contribution in [0, 0.1) is 0 Å². The standard InChI is InChI=1S/C42H39N2OSi/c1-6-37-41-29(17-22-36-35-21-18-30(25-40(35)45-42(36)41)28-12-8-7-9-13-28)16-20-34-32-14-10-11-15-33(32)38-23-19-31(46(3,4)5)26-44(38)39(34)24-27(2)43-37/h6-15,17-19,21-23,25-26,34,39H,1-2,16,20,24H2,3-5H3/q+1. The molecule has 226 valence electrons. The zero-order valence-electron chi connectivity index (χ0n) is 26.9. The van der Waals surface area contributed by atoms with Gasteiger partial charge in [-0.2, -0.15) is 4.57 Å². The summed E-state index contributed by atoms with van der Waals surface area (Å²) >= 11 is 0. The van der Waals surface area contributed by atoms with Gasteiger partial charge in [0.2, 0.25) is 5.69 Å². The van der Waals surface area contributed by atoms with Crippen molar-refractivity contribution in [2.45, 2.75) is 50.9 Å². The number of hydrogen-bond donors (Lipinski definition) is 0. The molecule has 0 radical (unpaired) electrons. The van der Waals surface area contributed by atoms with E-state index in [1.54, 1.807) is 0 Å². The zero-order valence-corrected chi connectivity index (χ0v) is 27.9. The Bertz CT molecular complexity index is 2220. The Morgan fingerprint density at radius 2 is 1.65 bits per heavy atom. The highest BCUT2D eigenvalue weighted by molar-refractivity contribution is 6.88. The van der Waals surface area contributed by atoms with Crippen LogP contribution in [0.1, 0.15) is 41.5 Å². The summed E-state index contributed by atoms with van der Waals surface area (Å²) in [5.41, 5.74) is 12.1.